The van der Waals surface area contributed by atoms with E-state index in [2.05, 4.69) is 14.1 Å². The first-order chi connectivity index (χ1) is 45.0. The number of fused-ring (bicyclic) bond motifs is 2. The summed E-state index contributed by atoms with van der Waals surface area (Å²) in [6, 6.07) is 33.6. The Kier molecular flexibility index (Phi) is 27.7. The van der Waals surface area contributed by atoms with Gasteiger partial charge in [0.1, 0.15) is 45.4 Å². The monoisotopic (exact) mass is 1340 g/mol. The maximum Gasteiger partial charge on any atom is 0.353 e. The number of benzene rings is 6. The molecule has 0 spiro atoms. The van der Waals surface area contributed by atoms with Crippen LogP contribution in [-0.2, 0) is 84.0 Å². The van der Waals surface area contributed by atoms with Gasteiger partial charge < -0.3 is 74.9 Å². The number of methoxy groups -OCH3 is 8. The van der Waals surface area contributed by atoms with Gasteiger partial charge in [0, 0.05) is 36.8 Å². The summed E-state index contributed by atoms with van der Waals surface area (Å²) in [5.41, 5.74) is 6.23. The zero-order valence-corrected chi connectivity index (χ0v) is 56.2. The van der Waals surface area contributed by atoms with E-state index >= 15 is 0 Å². The van der Waals surface area contributed by atoms with Crippen LogP contribution in [0, 0.1) is 0 Å². The molecule has 6 aromatic carbocycles. The number of unbranched alkanes of at least 4 members (excludes halogenated alkanes) is 3. The molecule has 6 atom stereocenters. The first-order valence-electron chi connectivity index (χ1n) is 30.1. The van der Waals surface area contributed by atoms with Gasteiger partial charge in [-0.1, -0.05) is 48.5 Å². The average molecular weight is 1350 g/mol. The van der Waals surface area contributed by atoms with Crippen LogP contribution in [-0.4, -0.2) is 182 Å². The Bertz CT molecular complexity index is 3470. The Balaban J connectivity index is 0.000000592. The number of esters is 2. The van der Waals surface area contributed by atoms with Crippen LogP contribution in [0.15, 0.2) is 131 Å². The predicted molar refractivity (Wildman–Crippen MR) is 341 cm³/mol. The second kappa shape index (κ2) is 35.0. The number of nitrogens with zero attached hydrogens (tertiary/aromatic N) is 2. The Morgan fingerprint density at radius 3 is 1.07 bits per heavy atom. The lowest BCUT2D eigenvalue weighted by Gasteiger charge is -2.46. The van der Waals surface area contributed by atoms with E-state index in [0.717, 1.165) is 33.4 Å². The van der Waals surface area contributed by atoms with Crippen molar-refractivity contribution in [2.45, 2.75) is 85.4 Å². The molecule has 0 amide bonds. The molecule has 94 heavy (non-hydrogen) atoms. The molecule has 8 rings (SSSR count). The number of carbonyl (C=O) groups is 4. The molecule has 0 radical (unpaired) electrons. The highest BCUT2D eigenvalue weighted by atomic mass is 32.2. The molecule has 2 unspecified atom stereocenters. The molecule has 0 aliphatic carbocycles. The van der Waals surface area contributed by atoms with Gasteiger partial charge in [-0.05, 0) is 121 Å². The predicted octanol–water partition coefficient (Wildman–Crippen LogP) is 7.94. The van der Waals surface area contributed by atoms with E-state index in [4.69, 9.17) is 56.8 Å². The molecule has 0 saturated carbocycles. The van der Waals surface area contributed by atoms with Crippen LogP contribution in [0.25, 0.3) is 0 Å². The van der Waals surface area contributed by atoms with E-state index in [1.165, 1.54) is 48.5 Å². The molecule has 2 aliphatic heterocycles. The normalized spacial score (nSPS) is 17.7. The molecule has 0 saturated heterocycles. The molecular formula is C68H84N2O22S2. The minimum Gasteiger partial charge on any atom is -0.744 e. The number of quaternary nitrogens is 2. The summed E-state index contributed by atoms with van der Waals surface area (Å²) in [4.78, 5) is 50.7. The van der Waals surface area contributed by atoms with Gasteiger partial charge in [-0.25, -0.2) is 26.4 Å². The van der Waals surface area contributed by atoms with E-state index in [1.54, 1.807) is 69.0 Å². The highest BCUT2D eigenvalue weighted by Gasteiger charge is 2.46. The molecule has 0 aromatic heterocycles. The highest BCUT2D eigenvalue weighted by molar-refractivity contribution is 7.86. The standard InChI is InChI=1S/C56H74N2O16.2C6H6O3S/c1-57(21-19-39-29-49(67-7)51(69-9)31-41(39)43(57)25-37-15-17-45(63-3)47(27-37)65-5)33-53(73-35-59)55(61)71-23-13-11-12-14-24-72-56(62)54(74-36-60)34-58(2)22-20-40-30-50(68-8)52(70-10)32-42(40)44(58)26-38-16-18-46(64-4)48(28-38)66-6;2*7-10(8,9)6-4-2-1-3-5-6/h15-18,27-32,35-36,43-44,53-54H,11-14,19-26,33-34H2,1-10H3;2*1-5H,(H,7,8,9)/q+2;;/p-2/t43-,44-,53-,54+,57?,58?;;/m1../s1. The van der Waals surface area contributed by atoms with Gasteiger partial charge >= 0.3 is 11.9 Å². The molecule has 26 heteroatoms. The van der Waals surface area contributed by atoms with Crippen LogP contribution in [0.4, 0.5) is 0 Å². The number of ether oxygens (including phenoxy) is 12. The SMILES string of the molecule is COc1ccc(C[C@@H]2c3cc(OC)c(OC)cc3CC[N+]2(C)C[C@H](OC=O)C(=O)OCCCCCCOC(=O)[C@@H](C[N+]2(C)CCc3cc(OC)c(OC)cc3[C@H]2Cc2ccc(OC)c(OC)c2)OC=O)cc1OC.O=S(=O)([O-])c1ccccc1.O=S(=O)([O-])c1ccccc1. The zero-order valence-electron chi connectivity index (χ0n) is 54.6. The summed E-state index contributed by atoms with van der Waals surface area (Å²) in [5.74, 6) is 3.58. The largest absolute Gasteiger partial charge is 0.744 e. The average Bonchev–Trinajstić information content (AvgIpc) is 0.761. The van der Waals surface area contributed by atoms with E-state index in [1.807, 2.05) is 60.7 Å². The zero-order chi connectivity index (χ0) is 68.6. The molecule has 6 aromatic rings. The summed E-state index contributed by atoms with van der Waals surface area (Å²) in [6.07, 6.45) is 2.55. The van der Waals surface area contributed by atoms with Crippen molar-refractivity contribution < 1.29 is 111 Å². The molecule has 0 fully saturated rings. The molecule has 510 valence electrons. The minimum absolute atomic E-state index is 0.105. The molecule has 2 heterocycles. The van der Waals surface area contributed by atoms with Crippen molar-refractivity contribution in [1.82, 2.24) is 0 Å². The van der Waals surface area contributed by atoms with Crippen LogP contribution in [0.3, 0.4) is 0 Å². The fourth-order valence-corrected chi connectivity index (χ4v) is 12.7. The Morgan fingerprint density at radius 1 is 0.457 bits per heavy atom. The van der Waals surface area contributed by atoms with Gasteiger partial charge in [0.25, 0.3) is 12.9 Å². The molecular weight excluding hydrogens is 1260 g/mol. The Labute approximate surface area is 550 Å². The summed E-state index contributed by atoms with van der Waals surface area (Å²) < 4.78 is 130. The topological polar surface area (TPSA) is 293 Å². The van der Waals surface area contributed by atoms with Crippen LogP contribution in [0.2, 0.25) is 0 Å². The Morgan fingerprint density at radius 2 is 0.777 bits per heavy atom. The number of likely N-dealkylation sites (N-methyl/N-ethyl adjacent to an activating group) is 2. The first-order valence-corrected chi connectivity index (χ1v) is 32.9. The quantitative estimate of drug-likeness (QED) is 0.00996. The van der Waals surface area contributed by atoms with Crippen molar-refractivity contribution in [3.63, 3.8) is 0 Å². The maximum atomic E-state index is 13.7. The Hall–Kier alpha value is -8.66. The first kappa shape index (κ1) is 74.4. The number of rotatable bonds is 31. The maximum absolute atomic E-state index is 13.7. The van der Waals surface area contributed by atoms with Crippen molar-refractivity contribution in [3.05, 3.63) is 155 Å². The highest BCUT2D eigenvalue weighted by Crippen LogP contribution is 2.45. The molecule has 0 bridgehead atoms. The van der Waals surface area contributed by atoms with Gasteiger partial charge in [-0.3, -0.25) is 9.59 Å². The lowest BCUT2D eigenvalue weighted by molar-refractivity contribution is -0.943. The smallest absolute Gasteiger partial charge is 0.353 e. The second-order valence-corrected chi connectivity index (χ2v) is 25.4. The van der Waals surface area contributed by atoms with Crippen LogP contribution in [0.1, 0.15) is 71.1 Å². The summed E-state index contributed by atoms with van der Waals surface area (Å²) in [6.45, 7) is 2.40. The van der Waals surface area contributed by atoms with Crippen molar-refractivity contribution in [1.29, 1.82) is 0 Å². The molecule has 2 aliphatic rings. The van der Waals surface area contributed by atoms with Gasteiger partial charge in [0.2, 0.25) is 12.2 Å². The third-order valence-corrected chi connectivity index (χ3v) is 18.5. The van der Waals surface area contributed by atoms with E-state index in [-0.39, 0.29) is 48.2 Å². The van der Waals surface area contributed by atoms with Gasteiger partial charge in [-0.15, -0.1) is 0 Å². The lowest BCUT2D eigenvalue weighted by Crippen LogP contribution is -2.57. The van der Waals surface area contributed by atoms with Crippen LogP contribution < -0.4 is 37.9 Å². The lowest BCUT2D eigenvalue weighted by atomic mass is 9.86. The van der Waals surface area contributed by atoms with E-state index in [0.29, 0.717) is 132 Å². The minimum atomic E-state index is -4.25. The summed E-state index contributed by atoms with van der Waals surface area (Å²) >= 11 is 0. The third-order valence-electron chi connectivity index (χ3n) is 16.8. The van der Waals surface area contributed by atoms with Gasteiger partial charge in [0.15, 0.2) is 46.0 Å². The molecule has 0 N–H and O–H groups in total. The fraction of sp³-hybridized carbons (Fsp3) is 0.412. The second-order valence-electron chi connectivity index (χ2n) is 22.6. The number of hydrogen-bond donors (Lipinski definition) is 0. The van der Waals surface area contributed by atoms with Crippen molar-refractivity contribution in [2.75, 3.05) is 110 Å². The van der Waals surface area contributed by atoms with E-state index < -0.39 is 44.4 Å². The fourth-order valence-electron chi connectivity index (χ4n) is 11.7. The number of hydrogen-bond acceptors (Lipinski definition) is 22. The van der Waals surface area contributed by atoms with Crippen molar-refractivity contribution in [2.24, 2.45) is 0 Å². The third kappa shape index (κ3) is 19.9. The van der Waals surface area contributed by atoms with Crippen molar-refractivity contribution >= 4 is 45.1 Å². The van der Waals surface area contributed by atoms with Gasteiger partial charge in [0.05, 0.1) is 107 Å². The van der Waals surface area contributed by atoms with Crippen LogP contribution in [0.5, 0.6) is 46.0 Å². The summed E-state index contributed by atoms with van der Waals surface area (Å²) in [7, 11) is 8.38. The van der Waals surface area contributed by atoms with E-state index in [9.17, 15) is 45.1 Å². The van der Waals surface area contributed by atoms with Crippen molar-refractivity contribution in [3.8, 4) is 46.0 Å². The number of carbonyl (C=O) groups excluding carboxylic acids is 4. The summed E-state index contributed by atoms with van der Waals surface area (Å²) in [5, 5.41) is 0. The van der Waals surface area contributed by atoms with Gasteiger partial charge in [-0.2, -0.15) is 0 Å². The molecule has 24 nitrogen and oxygen atoms in total. The van der Waals surface area contributed by atoms with Crippen LogP contribution >= 0.6 is 0 Å².